The molecule has 0 fully saturated rings. The number of methoxy groups -OCH3 is 1. The molecule has 0 aliphatic heterocycles. The molecule has 0 radical (unpaired) electrons. The van der Waals surface area contributed by atoms with Gasteiger partial charge in [0.1, 0.15) is 5.75 Å². The molecular weight excluding hydrogens is 308 g/mol. The quantitative estimate of drug-likeness (QED) is 0.651. The van der Waals surface area contributed by atoms with Gasteiger partial charge in [-0.1, -0.05) is 38.8 Å². The fraction of sp³-hybridized carbons (Fsp3) is 0.500. The maximum Gasteiger partial charge on any atom is 0.180 e. The SMILES string of the molecule is CCCCOC(CCC)c1cccc(-c2csc(N)n2)c1OC. The van der Waals surface area contributed by atoms with Gasteiger partial charge in [0, 0.05) is 23.1 Å². The Morgan fingerprint density at radius 3 is 2.70 bits per heavy atom. The Hall–Kier alpha value is -1.59. The van der Waals surface area contributed by atoms with E-state index < -0.39 is 0 Å². The second-order valence-electron chi connectivity index (χ2n) is 5.50. The molecule has 0 bridgehead atoms. The third-order valence-electron chi connectivity index (χ3n) is 3.76. The maximum atomic E-state index is 6.13. The largest absolute Gasteiger partial charge is 0.496 e. The smallest absolute Gasteiger partial charge is 0.180 e. The fourth-order valence-electron chi connectivity index (χ4n) is 2.61. The summed E-state index contributed by atoms with van der Waals surface area (Å²) in [5.41, 5.74) is 8.70. The van der Waals surface area contributed by atoms with Crippen molar-refractivity contribution in [2.24, 2.45) is 0 Å². The molecule has 126 valence electrons. The molecule has 1 aromatic heterocycles. The van der Waals surface area contributed by atoms with Crippen molar-refractivity contribution in [2.45, 2.75) is 45.6 Å². The van der Waals surface area contributed by atoms with Crippen molar-refractivity contribution in [3.63, 3.8) is 0 Å². The first-order chi connectivity index (χ1) is 11.2. The Balaban J connectivity index is 2.35. The summed E-state index contributed by atoms with van der Waals surface area (Å²) in [7, 11) is 1.70. The van der Waals surface area contributed by atoms with Crippen molar-refractivity contribution < 1.29 is 9.47 Å². The predicted octanol–water partition coefficient (Wildman–Crippen LogP) is 5.06. The number of ether oxygens (including phenoxy) is 2. The average molecular weight is 334 g/mol. The van der Waals surface area contributed by atoms with Gasteiger partial charge in [-0.05, 0) is 18.9 Å². The zero-order valence-electron chi connectivity index (χ0n) is 14.2. The summed E-state index contributed by atoms with van der Waals surface area (Å²) in [5, 5.41) is 2.53. The lowest BCUT2D eigenvalue weighted by Crippen LogP contribution is -2.08. The first-order valence-electron chi connectivity index (χ1n) is 8.21. The summed E-state index contributed by atoms with van der Waals surface area (Å²) >= 11 is 1.44. The Morgan fingerprint density at radius 2 is 2.09 bits per heavy atom. The van der Waals surface area contributed by atoms with E-state index in [1.54, 1.807) is 7.11 Å². The summed E-state index contributed by atoms with van der Waals surface area (Å²) in [6.45, 7) is 5.12. The van der Waals surface area contributed by atoms with Crippen LogP contribution in [-0.4, -0.2) is 18.7 Å². The van der Waals surface area contributed by atoms with Gasteiger partial charge in [-0.3, -0.25) is 0 Å². The van der Waals surface area contributed by atoms with Crippen molar-refractivity contribution in [1.29, 1.82) is 0 Å². The lowest BCUT2D eigenvalue weighted by molar-refractivity contribution is 0.0427. The minimum Gasteiger partial charge on any atom is -0.496 e. The molecule has 0 aliphatic carbocycles. The van der Waals surface area contributed by atoms with E-state index in [1.165, 1.54) is 11.3 Å². The molecule has 0 aliphatic rings. The minimum absolute atomic E-state index is 0.0532. The van der Waals surface area contributed by atoms with E-state index in [9.17, 15) is 0 Å². The van der Waals surface area contributed by atoms with Crippen LogP contribution in [0.15, 0.2) is 23.6 Å². The molecule has 2 N–H and O–H groups in total. The van der Waals surface area contributed by atoms with Gasteiger partial charge in [-0.15, -0.1) is 11.3 Å². The summed E-state index contributed by atoms with van der Waals surface area (Å²) in [6.07, 6.45) is 4.30. The third kappa shape index (κ3) is 4.45. The predicted molar refractivity (Wildman–Crippen MR) is 97.0 cm³/mol. The summed E-state index contributed by atoms with van der Waals surface area (Å²) in [5.74, 6) is 0.841. The number of nitrogen functional groups attached to an aromatic ring is 1. The number of thiazole rings is 1. The molecule has 1 unspecified atom stereocenters. The summed E-state index contributed by atoms with van der Waals surface area (Å²) in [6, 6.07) is 6.14. The molecule has 5 heteroatoms. The number of nitrogens with two attached hydrogens (primary N) is 1. The second-order valence-corrected chi connectivity index (χ2v) is 6.39. The number of rotatable bonds is 9. The summed E-state index contributed by atoms with van der Waals surface area (Å²) in [4.78, 5) is 4.39. The zero-order chi connectivity index (χ0) is 16.7. The maximum absolute atomic E-state index is 6.13. The topological polar surface area (TPSA) is 57.4 Å². The molecule has 23 heavy (non-hydrogen) atoms. The van der Waals surface area contributed by atoms with E-state index in [0.29, 0.717) is 5.13 Å². The van der Waals surface area contributed by atoms with Crippen LogP contribution >= 0.6 is 11.3 Å². The number of anilines is 1. The van der Waals surface area contributed by atoms with Crippen LogP contribution in [0.2, 0.25) is 0 Å². The third-order valence-corrected chi connectivity index (χ3v) is 4.44. The van der Waals surface area contributed by atoms with Gasteiger partial charge in [-0.2, -0.15) is 0 Å². The molecular formula is C18H26N2O2S. The van der Waals surface area contributed by atoms with E-state index in [2.05, 4.69) is 24.9 Å². The molecule has 2 aromatic rings. The molecule has 1 aromatic carbocycles. The Morgan fingerprint density at radius 1 is 1.26 bits per heavy atom. The Bertz CT molecular complexity index is 613. The Kier molecular flexibility index (Phi) is 6.86. The average Bonchev–Trinajstić information content (AvgIpc) is 3.00. The highest BCUT2D eigenvalue weighted by Crippen LogP contribution is 2.39. The van der Waals surface area contributed by atoms with Crippen molar-refractivity contribution in [3.05, 3.63) is 29.1 Å². The van der Waals surface area contributed by atoms with Crippen molar-refractivity contribution in [1.82, 2.24) is 4.98 Å². The van der Waals surface area contributed by atoms with Crippen LogP contribution in [0.25, 0.3) is 11.3 Å². The van der Waals surface area contributed by atoms with E-state index in [1.807, 2.05) is 17.5 Å². The van der Waals surface area contributed by atoms with Gasteiger partial charge in [0.05, 0.1) is 18.9 Å². The van der Waals surface area contributed by atoms with Gasteiger partial charge in [0.25, 0.3) is 0 Å². The van der Waals surface area contributed by atoms with Gasteiger partial charge < -0.3 is 15.2 Å². The van der Waals surface area contributed by atoms with Gasteiger partial charge in [0.2, 0.25) is 0 Å². The van der Waals surface area contributed by atoms with Crippen molar-refractivity contribution in [2.75, 3.05) is 19.5 Å². The Labute approximate surface area is 142 Å². The standard InChI is InChI=1S/C18H26N2O2S/c1-4-6-11-22-16(8-5-2)14-10-7-9-13(17(14)21-3)15-12-23-18(19)20-15/h7,9-10,12,16H,4-6,8,11H2,1-3H3,(H2,19,20). The van der Waals surface area contributed by atoms with E-state index in [-0.39, 0.29) is 6.10 Å². The fourth-order valence-corrected chi connectivity index (χ4v) is 3.17. The molecule has 0 saturated heterocycles. The van der Waals surface area contributed by atoms with Crippen LogP contribution in [0.1, 0.15) is 51.2 Å². The monoisotopic (exact) mass is 334 g/mol. The van der Waals surface area contributed by atoms with Crippen LogP contribution in [0.5, 0.6) is 5.75 Å². The number of unbranched alkanes of at least 4 members (excludes halogenated alkanes) is 1. The van der Waals surface area contributed by atoms with Crippen LogP contribution in [0.3, 0.4) is 0 Å². The van der Waals surface area contributed by atoms with Gasteiger partial charge >= 0.3 is 0 Å². The molecule has 0 saturated carbocycles. The molecule has 1 heterocycles. The minimum atomic E-state index is 0.0532. The first-order valence-corrected chi connectivity index (χ1v) is 9.09. The number of hydrogen-bond acceptors (Lipinski definition) is 5. The van der Waals surface area contributed by atoms with Crippen LogP contribution in [0, 0.1) is 0 Å². The van der Waals surface area contributed by atoms with Gasteiger partial charge in [-0.25, -0.2) is 4.98 Å². The zero-order valence-corrected chi connectivity index (χ0v) is 15.0. The number of hydrogen-bond donors (Lipinski definition) is 1. The lowest BCUT2D eigenvalue weighted by Gasteiger charge is -2.21. The lowest BCUT2D eigenvalue weighted by atomic mass is 9.99. The molecule has 2 rings (SSSR count). The highest BCUT2D eigenvalue weighted by Gasteiger charge is 2.20. The van der Waals surface area contributed by atoms with Gasteiger partial charge in [0.15, 0.2) is 5.13 Å². The van der Waals surface area contributed by atoms with E-state index in [0.717, 1.165) is 54.9 Å². The molecule has 0 amide bonds. The van der Waals surface area contributed by atoms with E-state index >= 15 is 0 Å². The van der Waals surface area contributed by atoms with Crippen LogP contribution < -0.4 is 10.5 Å². The van der Waals surface area contributed by atoms with Crippen molar-refractivity contribution in [3.8, 4) is 17.0 Å². The molecule has 1 atom stereocenters. The number of nitrogens with zero attached hydrogens (tertiary/aromatic N) is 1. The molecule has 4 nitrogen and oxygen atoms in total. The van der Waals surface area contributed by atoms with E-state index in [4.69, 9.17) is 15.2 Å². The second kappa shape index (κ2) is 8.89. The molecule has 0 spiro atoms. The highest BCUT2D eigenvalue weighted by molar-refractivity contribution is 7.13. The normalized spacial score (nSPS) is 12.3. The highest BCUT2D eigenvalue weighted by atomic mass is 32.1. The van der Waals surface area contributed by atoms with Crippen LogP contribution in [0.4, 0.5) is 5.13 Å². The van der Waals surface area contributed by atoms with Crippen molar-refractivity contribution >= 4 is 16.5 Å². The first kappa shape index (κ1) is 17.8. The number of aromatic nitrogens is 1. The number of benzene rings is 1. The number of para-hydroxylation sites is 1. The summed E-state index contributed by atoms with van der Waals surface area (Å²) < 4.78 is 11.8. The van der Waals surface area contributed by atoms with Crippen LogP contribution in [-0.2, 0) is 4.74 Å².